The van der Waals surface area contributed by atoms with Crippen molar-refractivity contribution in [3.05, 3.63) is 0 Å². The van der Waals surface area contributed by atoms with Gasteiger partial charge in [-0.2, -0.15) is 0 Å². The van der Waals surface area contributed by atoms with Crippen LogP contribution in [0.4, 0.5) is 0 Å². The highest BCUT2D eigenvalue weighted by Crippen LogP contribution is 2.46. The predicted octanol–water partition coefficient (Wildman–Crippen LogP) is 4.16. The second kappa shape index (κ2) is 5.32. The molecule has 6 heteroatoms. The van der Waals surface area contributed by atoms with Gasteiger partial charge in [0.2, 0.25) is 0 Å². The van der Waals surface area contributed by atoms with E-state index in [2.05, 4.69) is 13.8 Å². The molecule has 0 N–H and O–H groups in total. The van der Waals surface area contributed by atoms with Crippen molar-refractivity contribution in [2.45, 2.75) is 50.4 Å². The summed E-state index contributed by atoms with van der Waals surface area (Å²) in [6, 6.07) is 0. The lowest BCUT2D eigenvalue weighted by atomic mass is 10.3. The molecule has 0 saturated carbocycles. The number of hydrogen-bond acceptors (Lipinski definition) is 6. The fourth-order valence-electron chi connectivity index (χ4n) is 0.611. The second-order valence-electron chi connectivity index (χ2n) is 3.44. The van der Waals surface area contributed by atoms with Gasteiger partial charge in [-0.15, -0.1) is 0 Å². The maximum Gasteiger partial charge on any atom is 0.173 e. The molecule has 0 spiro atoms. The quantitative estimate of drug-likeness (QED) is 0.689. The summed E-state index contributed by atoms with van der Waals surface area (Å²) in [7, 11) is 0. The lowest BCUT2D eigenvalue weighted by Crippen LogP contribution is -2.29. The third-order valence-electron chi connectivity index (χ3n) is 2.13. The van der Waals surface area contributed by atoms with E-state index in [4.69, 9.17) is 12.0 Å². The van der Waals surface area contributed by atoms with Crippen molar-refractivity contribution < 1.29 is 12.0 Å². The molecule has 2 atom stereocenters. The molecule has 1 heterocycles. The minimum absolute atomic E-state index is 0.294. The van der Waals surface area contributed by atoms with Crippen molar-refractivity contribution in [1.82, 2.24) is 0 Å². The van der Waals surface area contributed by atoms with E-state index in [1.807, 2.05) is 13.8 Å². The van der Waals surface area contributed by atoms with E-state index >= 15 is 0 Å². The molecule has 1 saturated heterocycles. The molecule has 1 aliphatic heterocycles. The van der Waals surface area contributed by atoms with Crippen LogP contribution in [0.3, 0.4) is 0 Å². The number of rotatable bonds is 2. The standard InChI is InChI=1S/C8H16O3S3/c1-5-7(3)9-12-8(4,6-2)10-14-11-13-7/h5-6H2,1-4H3. The summed E-state index contributed by atoms with van der Waals surface area (Å²) in [6.45, 7) is 8.16. The van der Waals surface area contributed by atoms with Gasteiger partial charge in [-0.05, 0) is 26.7 Å². The molecule has 1 aliphatic rings. The van der Waals surface area contributed by atoms with Crippen LogP contribution in [0.25, 0.3) is 0 Å². The average molecular weight is 256 g/mol. The summed E-state index contributed by atoms with van der Waals surface area (Å²) >= 11 is 3.73. The molecular formula is C8H16O3S3. The summed E-state index contributed by atoms with van der Waals surface area (Å²) in [5, 5.41) is 0. The molecule has 0 aromatic carbocycles. The van der Waals surface area contributed by atoms with E-state index in [1.54, 1.807) is 0 Å². The Morgan fingerprint density at radius 3 is 2.07 bits per heavy atom. The summed E-state index contributed by atoms with van der Waals surface area (Å²) in [5.74, 6) is 0. The molecule has 2 unspecified atom stereocenters. The molecule has 0 aromatic heterocycles. The minimum Gasteiger partial charge on any atom is -0.293 e. The zero-order valence-corrected chi connectivity index (χ0v) is 11.3. The Morgan fingerprint density at radius 1 is 0.929 bits per heavy atom. The molecule has 0 amide bonds. The predicted molar refractivity (Wildman–Crippen MR) is 63.4 cm³/mol. The molecule has 1 fully saturated rings. The van der Waals surface area contributed by atoms with Crippen LogP contribution < -0.4 is 0 Å². The third kappa shape index (κ3) is 3.50. The van der Waals surface area contributed by atoms with E-state index < -0.39 is 0 Å². The van der Waals surface area contributed by atoms with Crippen LogP contribution in [0.2, 0.25) is 0 Å². The largest absolute Gasteiger partial charge is 0.293 e. The molecule has 0 radical (unpaired) electrons. The Bertz CT molecular complexity index is 173. The van der Waals surface area contributed by atoms with Crippen molar-refractivity contribution in [3.8, 4) is 0 Å². The van der Waals surface area contributed by atoms with Gasteiger partial charge in [0.1, 0.15) is 0 Å². The smallest absolute Gasteiger partial charge is 0.173 e. The van der Waals surface area contributed by atoms with Crippen LogP contribution in [-0.4, -0.2) is 9.87 Å². The van der Waals surface area contributed by atoms with Gasteiger partial charge in [-0.25, -0.2) is 3.63 Å². The van der Waals surface area contributed by atoms with Gasteiger partial charge in [-0.1, -0.05) is 13.8 Å². The normalized spacial score (nSPS) is 40.3. The maximum atomic E-state index is 5.74. The maximum absolute atomic E-state index is 5.74. The van der Waals surface area contributed by atoms with E-state index in [-0.39, 0.29) is 9.87 Å². The highest BCUT2D eigenvalue weighted by molar-refractivity contribution is 8.07. The monoisotopic (exact) mass is 256 g/mol. The van der Waals surface area contributed by atoms with Gasteiger partial charge >= 0.3 is 0 Å². The van der Waals surface area contributed by atoms with Crippen LogP contribution in [0.1, 0.15) is 40.5 Å². The Hall–Kier alpha value is 0.930. The van der Waals surface area contributed by atoms with Crippen molar-refractivity contribution in [3.63, 3.8) is 0 Å². The van der Waals surface area contributed by atoms with E-state index in [9.17, 15) is 0 Å². The first-order valence-corrected chi connectivity index (χ1v) is 6.75. The van der Waals surface area contributed by atoms with Gasteiger partial charge < -0.3 is 0 Å². The lowest BCUT2D eigenvalue weighted by molar-refractivity contribution is 0.152. The zero-order chi connectivity index (χ0) is 10.7. The molecular weight excluding hydrogens is 240 g/mol. The molecule has 3 nitrogen and oxygen atoms in total. The second-order valence-corrected chi connectivity index (χ2v) is 6.52. The van der Waals surface area contributed by atoms with Crippen molar-refractivity contribution >= 4 is 36.4 Å². The van der Waals surface area contributed by atoms with Gasteiger partial charge in [0.05, 0.1) is 0 Å². The molecule has 0 aromatic rings. The molecule has 14 heavy (non-hydrogen) atoms. The molecule has 1 rings (SSSR count). The third-order valence-corrected chi connectivity index (χ3v) is 5.17. The Balaban J connectivity index is 2.59. The molecule has 0 bridgehead atoms. The average Bonchev–Trinajstić information content (AvgIpc) is 2.20. The SMILES string of the molecule is CCC1(C)OSOSC(C)(CC)OS1. The van der Waals surface area contributed by atoms with Crippen LogP contribution in [0, 0.1) is 0 Å². The van der Waals surface area contributed by atoms with Crippen LogP contribution >= 0.6 is 36.4 Å². The van der Waals surface area contributed by atoms with E-state index in [1.165, 1.54) is 24.1 Å². The van der Waals surface area contributed by atoms with Gasteiger partial charge in [0.25, 0.3) is 0 Å². The first-order valence-electron chi connectivity index (χ1n) is 4.60. The lowest BCUT2D eigenvalue weighted by Gasteiger charge is -2.34. The Kier molecular flexibility index (Phi) is 4.94. The Morgan fingerprint density at radius 2 is 1.50 bits per heavy atom. The first kappa shape index (κ1) is 13.0. The minimum atomic E-state index is -0.331. The fourth-order valence-corrected chi connectivity index (χ4v) is 2.78. The topological polar surface area (TPSA) is 27.7 Å². The van der Waals surface area contributed by atoms with Gasteiger partial charge in [-0.3, -0.25) is 8.37 Å². The summed E-state index contributed by atoms with van der Waals surface area (Å²) < 4.78 is 16.5. The zero-order valence-electron chi connectivity index (χ0n) is 8.86. The summed E-state index contributed by atoms with van der Waals surface area (Å²) in [4.78, 5) is -0.625. The van der Waals surface area contributed by atoms with Crippen molar-refractivity contribution in [1.29, 1.82) is 0 Å². The molecule has 84 valence electrons. The van der Waals surface area contributed by atoms with Gasteiger partial charge in [0, 0.05) is 24.1 Å². The molecule has 0 aliphatic carbocycles. The van der Waals surface area contributed by atoms with Crippen LogP contribution in [-0.2, 0) is 12.0 Å². The highest BCUT2D eigenvalue weighted by Gasteiger charge is 2.36. The van der Waals surface area contributed by atoms with E-state index in [0.29, 0.717) is 0 Å². The van der Waals surface area contributed by atoms with Crippen LogP contribution in [0.15, 0.2) is 0 Å². The fraction of sp³-hybridized carbons (Fsp3) is 1.00. The number of hydrogen-bond donors (Lipinski definition) is 0. The summed E-state index contributed by atoms with van der Waals surface area (Å²) in [5.41, 5.74) is 0. The Labute approximate surface area is 98.8 Å². The van der Waals surface area contributed by atoms with Crippen LogP contribution in [0.5, 0.6) is 0 Å². The van der Waals surface area contributed by atoms with Crippen molar-refractivity contribution in [2.24, 2.45) is 0 Å². The summed E-state index contributed by atoms with van der Waals surface area (Å²) in [6.07, 6.45) is 1.77. The van der Waals surface area contributed by atoms with E-state index in [0.717, 1.165) is 25.2 Å². The highest BCUT2D eigenvalue weighted by atomic mass is 32.2. The van der Waals surface area contributed by atoms with Gasteiger partial charge in [0.15, 0.2) is 22.2 Å². The first-order chi connectivity index (χ1) is 6.54. The van der Waals surface area contributed by atoms with Crippen molar-refractivity contribution in [2.75, 3.05) is 0 Å².